The van der Waals surface area contributed by atoms with Gasteiger partial charge in [0.05, 0.1) is 16.5 Å². The first kappa shape index (κ1) is 24.5. The van der Waals surface area contributed by atoms with Crippen molar-refractivity contribution in [3.8, 4) is 0 Å². The van der Waals surface area contributed by atoms with E-state index in [1.54, 1.807) is 24.4 Å². The van der Waals surface area contributed by atoms with Gasteiger partial charge >= 0.3 is 0 Å². The van der Waals surface area contributed by atoms with E-state index in [9.17, 15) is 9.59 Å². The number of amides is 2. The number of piperidine rings is 1. The van der Waals surface area contributed by atoms with E-state index in [2.05, 4.69) is 32.5 Å². The van der Waals surface area contributed by atoms with Crippen LogP contribution in [-0.2, 0) is 4.79 Å². The Morgan fingerprint density at radius 3 is 2.42 bits per heavy atom. The van der Waals surface area contributed by atoms with E-state index >= 15 is 0 Å². The molecule has 2 aliphatic heterocycles. The minimum absolute atomic E-state index is 0.0295. The Balaban J connectivity index is 1.13. The molecule has 9 heteroatoms. The molecule has 2 fully saturated rings. The zero-order valence-electron chi connectivity index (χ0n) is 19.7. The largest absolute Gasteiger partial charge is 0.354 e. The molecule has 1 N–H and O–H groups in total. The third-order valence-corrected chi connectivity index (χ3v) is 7.58. The molecule has 0 spiro atoms. The average molecular weight is 524 g/mol. The van der Waals surface area contributed by atoms with Gasteiger partial charge in [-0.05, 0) is 73.2 Å². The molecule has 1 aromatic heterocycles. The number of likely N-dealkylation sites (tertiary alicyclic amines) is 1. The van der Waals surface area contributed by atoms with Crippen molar-refractivity contribution in [1.82, 2.24) is 15.1 Å². The molecule has 5 rings (SSSR count). The standard InChI is InChI=1S/C27H27Cl2N5O2/c28-21-5-8-23(24(29)16-21)27(36)33-13-9-19(10-14-33)18-3-6-22(7-4-18)31-26(35)20-11-15-34(17-20)25-2-1-12-30-32-25/h1-8,12,16,19-20H,9-11,13-15,17H2,(H,31,35)/t20-/m0/s1. The molecule has 0 saturated carbocycles. The number of nitrogens with zero attached hydrogens (tertiary/aromatic N) is 4. The number of hydrogen-bond donors (Lipinski definition) is 1. The van der Waals surface area contributed by atoms with Gasteiger partial charge in [-0.1, -0.05) is 35.3 Å². The van der Waals surface area contributed by atoms with Crippen molar-refractivity contribution >= 4 is 46.5 Å². The third-order valence-electron chi connectivity index (χ3n) is 7.03. The van der Waals surface area contributed by atoms with Crippen LogP contribution in [0, 0.1) is 5.92 Å². The molecular weight excluding hydrogens is 497 g/mol. The quantitative estimate of drug-likeness (QED) is 0.492. The van der Waals surface area contributed by atoms with E-state index in [1.165, 1.54) is 5.56 Å². The van der Waals surface area contributed by atoms with E-state index in [0.29, 0.717) is 41.2 Å². The lowest BCUT2D eigenvalue weighted by atomic mass is 9.89. The first-order valence-corrected chi connectivity index (χ1v) is 12.9. The Morgan fingerprint density at radius 1 is 0.944 bits per heavy atom. The third kappa shape index (κ3) is 5.47. The Labute approximate surface area is 220 Å². The lowest BCUT2D eigenvalue weighted by molar-refractivity contribution is -0.119. The van der Waals surface area contributed by atoms with Crippen molar-refractivity contribution < 1.29 is 9.59 Å². The molecular formula is C27H27Cl2N5O2. The highest BCUT2D eigenvalue weighted by Crippen LogP contribution is 2.31. The summed E-state index contributed by atoms with van der Waals surface area (Å²) in [5.41, 5.74) is 2.51. The molecule has 3 aromatic rings. The number of carbonyl (C=O) groups excluding carboxylic acids is 2. The van der Waals surface area contributed by atoms with Gasteiger partial charge in [0.25, 0.3) is 5.91 Å². The van der Waals surface area contributed by atoms with Crippen molar-refractivity contribution in [2.75, 3.05) is 36.4 Å². The fraction of sp³-hybridized carbons (Fsp3) is 0.333. The topological polar surface area (TPSA) is 78.4 Å². The van der Waals surface area contributed by atoms with Crippen molar-refractivity contribution in [3.05, 3.63) is 82.0 Å². The van der Waals surface area contributed by atoms with Crippen LogP contribution in [0.2, 0.25) is 10.0 Å². The van der Waals surface area contributed by atoms with E-state index in [-0.39, 0.29) is 17.7 Å². The molecule has 2 amide bonds. The monoisotopic (exact) mass is 523 g/mol. The summed E-state index contributed by atoms with van der Waals surface area (Å²) >= 11 is 12.2. The number of benzene rings is 2. The van der Waals surface area contributed by atoms with E-state index in [1.807, 2.05) is 29.2 Å². The van der Waals surface area contributed by atoms with E-state index in [4.69, 9.17) is 23.2 Å². The number of anilines is 2. The minimum atomic E-state index is -0.0808. The van der Waals surface area contributed by atoms with Crippen LogP contribution in [0.3, 0.4) is 0 Å². The Morgan fingerprint density at radius 2 is 1.72 bits per heavy atom. The molecule has 2 aromatic carbocycles. The van der Waals surface area contributed by atoms with Crippen molar-refractivity contribution in [3.63, 3.8) is 0 Å². The van der Waals surface area contributed by atoms with Gasteiger partial charge in [0.2, 0.25) is 5.91 Å². The Hall–Kier alpha value is -3.16. The first-order chi connectivity index (χ1) is 17.5. The molecule has 2 saturated heterocycles. The van der Waals surface area contributed by atoms with Gasteiger partial charge in [-0.3, -0.25) is 9.59 Å². The highest BCUT2D eigenvalue weighted by molar-refractivity contribution is 6.36. The van der Waals surface area contributed by atoms with Crippen LogP contribution in [-0.4, -0.2) is 53.1 Å². The molecule has 0 aliphatic carbocycles. The summed E-state index contributed by atoms with van der Waals surface area (Å²) in [6, 6.07) is 16.8. The predicted octanol–water partition coefficient (Wildman–Crippen LogP) is 5.27. The highest BCUT2D eigenvalue weighted by Gasteiger charge is 2.29. The molecule has 36 heavy (non-hydrogen) atoms. The summed E-state index contributed by atoms with van der Waals surface area (Å²) < 4.78 is 0. The van der Waals surface area contributed by atoms with Crippen LogP contribution >= 0.6 is 23.2 Å². The summed E-state index contributed by atoms with van der Waals surface area (Å²) in [6.45, 7) is 2.78. The SMILES string of the molecule is O=C(Nc1ccc(C2CCN(C(=O)c3ccc(Cl)cc3Cl)CC2)cc1)[C@H]1CCN(c2cccnn2)C1. The molecule has 3 heterocycles. The second-order valence-corrected chi connectivity index (χ2v) is 10.2. The predicted molar refractivity (Wildman–Crippen MR) is 142 cm³/mol. The summed E-state index contributed by atoms with van der Waals surface area (Å²) in [5.74, 6) is 1.07. The highest BCUT2D eigenvalue weighted by atomic mass is 35.5. The Bertz CT molecular complexity index is 1230. The lowest BCUT2D eigenvalue weighted by Crippen LogP contribution is -2.38. The summed E-state index contributed by atoms with van der Waals surface area (Å²) in [5, 5.41) is 12.0. The molecule has 2 aliphatic rings. The van der Waals surface area contributed by atoms with Crippen LogP contribution in [0.25, 0.3) is 0 Å². The summed E-state index contributed by atoms with van der Waals surface area (Å²) in [6.07, 6.45) is 4.19. The summed E-state index contributed by atoms with van der Waals surface area (Å²) in [7, 11) is 0. The zero-order valence-corrected chi connectivity index (χ0v) is 21.3. The van der Waals surface area contributed by atoms with Crippen LogP contribution in [0.4, 0.5) is 11.5 Å². The van der Waals surface area contributed by atoms with Gasteiger partial charge in [0.15, 0.2) is 5.82 Å². The van der Waals surface area contributed by atoms with Gasteiger partial charge in [-0.2, -0.15) is 5.10 Å². The first-order valence-electron chi connectivity index (χ1n) is 12.2. The van der Waals surface area contributed by atoms with Gasteiger partial charge in [-0.15, -0.1) is 5.10 Å². The summed E-state index contributed by atoms with van der Waals surface area (Å²) in [4.78, 5) is 29.6. The second kappa shape index (κ2) is 10.8. The maximum Gasteiger partial charge on any atom is 0.255 e. The molecule has 7 nitrogen and oxygen atoms in total. The smallest absolute Gasteiger partial charge is 0.255 e. The maximum atomic E-state index is 12.9. The fourth-order valence-electron chi connectivity index (χ4n) is 4.98. The number of rotatable bonds is 5. The molecule has 186 valence electrons. The molecule has 1 atom stereocenters. The van der Waals surface area contributed by atoms with Crippen LogP contribution in [0.1, 0.15) is 41.1 Å². The van der Waals surface area contributed by atoms with E-state index in [0.717, 1.165) is 37.3 Å². The van der Waals surface area contributed by atoms with Gasteiger partial charge in [0.1, 0.15) is 0 Å². The van der Waals surface area contributed by atoms with Crippen molar-refractivity contribution in [1.29, 1.82) is 0 Å². The normalized spacial score (nSPS) is 18.3. The zero-order chi connectivity index (χ0) is 25.1. The van der Waals surface area contributed by atoms with Crippen LogP contribution in [0.15, 0.2) is 60.8 Å². The number of aromatic nitrogens is 2. The van der Waals surface area contributed by atoms with Crippen molar-refractivity contribution in [2.24, 2.45) is 5.92 Å². The van der Waals surface area contributed by atoms with Crippen LogP contribution in [0.5, 0.6) is 0 Å². The average Bonchev–Trinajstić information content (AvgIpc) is 3.40. The maximum absolute atomic E-state index is 12.9. The number of hydrogen-bond acceptors (Lipinski definition) is 5. The van der Waals surface area contributed by atoms with E-state index < -0.39 is 0 Å². The second-order valence-electron chi connectivity index (χ2n) is 9.32. The molecule has 0 unspecified atom stereocenters. The number of nitrogens with one attached hydrogen (secondary N) is 1. The fourth-order valence-corrected chi connectivity index (χ4v) is 5.47. The number of carbonyl (C=O) groups is 2. The molecule has 0 radical (unpaired) electrons. The Kier molecular flexibility index (Phi) is 7.39. The van der Waals surface area contributed by atoms with Gasteiger partial charge < -0.3 is 15.1 Å². The van der Waals surface area contributed by atoms with Crippen molar-refractivity contribution in [2.45, 2.75) is 25.2 Å². The molecule has 0 bridgehead atoms. The number of halogens is 2. The van der Waals surface area contributed by atoms with Gasteiger partial charge in [-0.25, -0.2) is 0 Å². The lowest BCUT2D eigenvalue weighted by Gasteiger charge is -2.32. The van der Waals surface area contributed by atoms with Crippen LogP contribution < -0.4 is 10.2 Å². The van der Waals surface area contributed by atoms with Gasteiger partial charge in [0, 0.05) is 43.1 Å². The minimum Gasteiger partial charge on any atom is -0.354 e.